The van der Waals surface area contributed by atoms with Crippen molar-refractivity contribution in [1.29, 1.82) is 0 Å². The first-order valence-electron chi connectivity index (χ1n) is 7.73. The second-order valence-corrected chi connectivity index (χ2v) is 5.90. The Balaban J connectivity index is 1.86. The van der Waals surface area contributed by atoms with E-state index in [1.807, 2.05) is 0 Å². The summed E-state index contributed by atoms with van der Waals surface area (Å²) < 4.78 is 5.04. The lowest BCUT2D eigenvalue weighted by Crippen LogP contribution is -2.06. The number of nitro benzene ring substituents is 2. The fourth-order valence-electron chi connectivity index (χ4n) is 2.32. The molecule has 140 valence electrons. The third kappa shape index (κ3) is 4.10. The highest BCUT2D eigenvalue weighted by molar-refractivity contribution is 6.34. The lowest BCUT2D eigenvalue weighted by atomic mass is 10.2. The van der Waals surface area contributed by atoms with Gasteiger partial charge in [-0.25, -0.2) is 9.79 Å². The minimum absolute atomic E-state index is 0.0424. The zero-order chi connectivity index (χ0) is 20.3. The third-order valence-corrected chi connectivity index (χ3v) is 3.97. The van der Waals surface area contributed by atoms with Crippen molar-refractivity contribution < 1.29 is 19.4 Å². The Morgan fingerprint density at radius 1 is 1.04 bits per heavy atom. The van der Waals surface area contributed by atoms with E-state index in [0.29, 0.717) is 5.56 Å². The summed E-state index contributed by atoms with van der Waals surface area (Å²) in [5.41, 5.74) is 0.356. The molecule has 3 rings (SSSR count). The van der Waals surface area contributed by atoms with Gasteiger partial charge in [0, 0.05) is 24.3 Å². The maximum absolute atomic E-state index is 12.0. The lowest BCUT2D eigenvalue weighted by Gasteiger charge is -2.02. The van der Waals surface area contributed by atoms with Gasteiger partial charge in [0.05, 0.1) is 20.4 Å². The van der Waals surface area contributed by atoms with Gasteiger partial charge in [-0.3, -0.25) is 20.2 Å². The lowest BCUT2D eigenvalue weighted by molar-refractivity contribution is -0.385. The minimum atomic E-state index is -0.749. The molecule has 28 heavy (non-hydrogen) atoms. The first-order chi connectivity index (χ1) is 13.3. The number of rotatable bonds is 5. The van der Waals surface area contributed by atoms with Gasteiger partial charge in [0.15, 0.2) is 5.70 Å². The van der Waals surface area contributed by atoms with Gasteiger partial charge in [0.1, 0.15) is 0 Å². The van der Waals surface area contributed by atoms with Crippen LogP contribution in [0.5, 0.6) is 0 Å². The molecule has 2 aromatic rings. The summed E-state index contributed by atoms with van der Waals surface area (Å²) in [5.74, 6) is -0.894. The van der Waals surface area contributed by atoms with E-state index in [-0.39, 0.29) is 33.6 Å². The molecule has 0 saturated heterocycles. The van der Waals surface area contributed by atoms with Crippen LogP contribution < -0.4 is 0 Å². The van der Waals surface area contributed by atoms with Crippen LogP contribution in [-0.2, 0) is 9.53 Å². The molecule has 0 bridgehead atoms. The molecule has 9 nitrogen and oxygen atoms in total. The van der Waals surface area contributed by atoms with Crippen LogP contribution in [-0.4, -0.2) is 21.7 Å². The Kier molecular flexibility index (Phi) is 5.28. The molecule has 0 N–H and O–H groups in total. The standard InChI is InChI=1S/C18H10ClN3O6/c19-15-8-7-13(22(26)27)10-14(15)17-20-16(18(23)28-17)6-2-4-11-3-1-5-12(9-11)21(24)25/h1-10H/b4-2+,16-6-. The highest BCUT2D eigenvalue weighted by Gasteiger charge is 2.26. The van der Waals surface area contributed by atoms with Gasteiger partial charge in [-0.05, 0) is 17.7 Å². The van der Waals surface area contributed by atoms with Crippen LogP contribution in [0.25, 0.3) is 6.08 Å². The molecule has 0 fully saturated rings. The van der Waals surface area contributed by atoms with Crippen molar-refractivity contribution in [2.24, 2.45) is 4.99 Å². The zero-order valence-electron chi connectivity index (χ0n) is 13.9. The average Bonchev–Trinajstić information content (AvgIpc) is 3.02. The van der Waals surface area contributed by atoms with Crippen LogP contribution in [0.15, 0.2) is 65.3 Å². The molecule has 0 aromatic heterocycles. The predicted molar refractivity (Wildman–Crippen MR) is 101 cm³/mol. The molecule has 0 unspecified atom stereocenters. The van der Waals surface area contributed by atoms with Crippen LogP contribution in [0.3, 0.4) is 0 Å². The third-order valence-electron chi connectivity index (χ3n) is 3.64. The maximum atomic E-state index is 12.0. The van der Waals surface area contributed by atoms with Crippen LogP contribution in [0.4, 0.5) is 11.4 Å². The summed E-state index contributed by atoms with van der Waals surface area (Å²) in [6, 6.07) is 9.64. The molecule has 0 aliphatic carbocycles. The molecule has 0 amide bonds. The fourth-order valence-corrected chi connectivity index (χ4v) is 2.52. The summed E-state index contributed by atoms with van der Waals surface area (Å²) in [6.45, 7) is 0. The van der Waals surface area contributed by atoms with Gasteiger partial charge in [-0.15, -0.1) is 0 Å². The van der Waals surface area contributed by atoms with E-state index in [1.54, 1.807) is 12.1 Å². The number of hydrogen-bond acceptors (Lipinski definition) is 7. The Hall–Kier alpha value is -3.85. The summed E-state index contributed by atoms with van der Waals surface area (Å²) in [4.78, 5) is 36.6. The first kappa shape index (κ1) is 18.9. The van der Waals surface area contributed by atoms with Gasteiger partial charge in [-0.1, -0.05) is 35.9 Å². The van der Waals surface area contributed by atoms with Crippen LogP contribution in [0, 0.1) is 20.2 Å². The monoisotopic (exact) mass is 399 g/mol. The highest BCUT2D eigenvalue weighted by atomic mass is 35.5. The molecule has 10 heteroatoms. The number of non-ortho nitro benzene ring substituents is 2. The topological polar surface area (TPSA) is 125 Å². The summed E-state index contributed by atoms with van der Waals surface area (Å²) >= 11 is 6.02. The largest absolute Gasteiger partial charge is 0.402 e. The van der Waals surface area contributed by atoms with Gasteiger partial charge in [-0.2, -0.15) is 0 Å². The fraction of sp³-hybridized carbons (Fsp3) is 0. The van der Waals surface area contributed by atoms with Crippen LogP contribution >= 0.6 is 11.6 Å². The molecule has 0 radical (unpaired) electrons. The molecule has 0 saturated carbocycles. The van der Waals surface area contributed by atoms with E-state index in [2.05, 4.69) is 4.99 Å². The summed E-state index contributed by atoms with van der Waals surface area (Å²) in [5, 5.41) is 21.8. The van der Waals surface area contributed by atoms with Crippen molar-refractivity contribution in [3.63, 3.8) is 0 Å². The van der Waals surface area contributed by atoms with Crippen molar-refractivity contribution in [2.75, 3.05) is 0 Å². The van der Waals surface area contributed by atoms with E-state index in [4.69, 9.17) is 16.3 Å². The minimum Gasteiger partial charge on any atom is -0.402 e. The number of ether oxygens (including phenoxy) is 1. The normalized spacial score (nSPS) is 15.0. The maximum Gasteiger partial charge on any atom is 0.363 e. The Labute approximate surface area is 162 Å². The summed E-state index contributed by atoms with van der Waals surface area (Å²) in [6.07, 6.45) is 4.40. The van der Waals surface area contributed by atoms with Crippen LogP contribution in [0.2, 0.25) is 5.02 Å². The number of carbonyl (C=O) groups is 1. The van der Waals surface area contributed by atoms with Crippen molar-refractivity contribution in [2.45, 2.75) is 0 Å². The molecule has 2 aromatic carbocycles. The Morgan fingerprint density at radius 2 is 1.75 bits per heavy atom. The van der Waals surface area contributed by atoms with E-state index in [0.717, 1.165) is 6.07 Å². The summed E-state index contributed by atoms with van der Waals surface area (Å²) in [7, 11) is 0. The predicted octanol–water partition coefficient (Wildman–Crippen LogP) is 4.06. The second kappa shape index (κ2) is 7.80. The molecule has 0 spiro atoms. The number of esters is 1. The van der Waals surface area contributed by atoms with Crippen molar-refractivity contribution in [1.82, 2.24) is 0 Å². The molecular formula is C18H10ClN3O6. The number of benzene rings is 2. The van der Waals surface area contributed by atoms with Crippen LogP contribution in [0.1, 0.15) is 11.1 Å². The van der Waals surface area contributed by atoms with Gasteiger partial charge in [0.25, 0.3) is 11.4 Å². The quantitative estimate of drug-likeness (QED) is 0.323. The molecule has 1 heterocycles. The van der Waals surface area contributed by atoms with Crippen molar-refractivity contribution in [3.8, 4) is 0 Å². The van der Waals surface area contributed by atoms with Crippen molar-refractivity contribution in [3.05, 3.63) is 96.7 Å². The average molecular weight is 400 g/mol. The highest BCUT2D eigenvalue weighted by Crippen LogP contribution is 2.26. The van der Waals surface area contributed by atoms with E-state index >= 15 is 0 Å². The number of hydrogen-bond donors (Lipinski definition) is 0. The number of halogens is 1. The number of allylic oxidation sites excluding steroid dienone is 2. The number of cyclic esters (lactones) is 1. The van der Waals surface area contributed by atoms with Crippen molar-refractivity contribution >= 4 is 40.9 Å². The van der Waals surface area contributed by atoms with Gasteiger partial charge < -0.3 is 4.74 Å². The first-order valence-corrected chi connectivity index (χ1v) is 8.11. The van der Waals surface area contributed by atoms with E-state index in [9.17, 15) is 25.0 Å². The molecule has 1 aliphatic heterocycles. The number of carbonyl (C=O) groups excluding carboxylic acids is 1. The number of nitrogens with zero attached hydrogens (tertiary/aromatic N) is 3. The molecular weight excluding hydrogens is 390 g/mol. The van der Waals surface area contributed by atoms with Gasteiger partial charge in [0.2, 0.25) is 5.90 Å². The van der Waals surface area contributed by atoms with E-state index in [1.165, 1.54) is 42.5 Å². The Bertz CT molecular complexity index is 1090. The Morgan fingerprint density at radius 3 is 2.46 bits per heavy atom. The molecule has 0 atom stereocenters. The number of aliphatic imine (C=N–C) groups is 1. The second-order valence-electron chi connectivity index (χ2n) is 5.49. The number of nitro groups is 2. The van der Waals surface area contributed by atoms with E-state index < -0.39 is 15.8 Å². The van der Waals surface area contributed by atoms with Gasteiger partial charge >= 0.3 is 5.97 Å². The smallest absolute Gasteiger partial charge is 0.363 e. The molecule has 1 aliphatic rings. The SMILES string of the molecule is O=C1OC(c2cc([N+](=O)[O-])ccc2Cl)=N/C1=C\C=C\c1cccc([N+](=O)[O-])c1. The zero-order valence-corrected chi connectivity index (χ0v) is 14.7.